The van der Waals surface area contributed by atoms with Gasteiger partial charge in [-0.2, -0.15) is 0 Å². The Morgan fingerprint density at radius 2 is 1.94 bits per heavy atom. The van der Waals surface area contributed by atoms with Gasteiger partial charge < -0.3 is 5.73 Å². The van der Waals surface area contributed by atoms with E-state index in [4.69, 9.17) is 17.3 Å². The van der Waals surface area contributed by atoms with Crippen LogP contribution in [-0.2, 0) is 6.54 Å². The molecule has 0 aliphatic rings. The summed E-state index contributed by atoms with van der Waals surface area (Å²) in [5, 5.41) is 0.642. The monoisotopic (exact) mass is 240 g/mol. The van der Waals surface area contributed by atoms with E-state index in [1.807, 2.05) is 18.2 Å². The molecular weight excluding hydrogens is 220 g/mol. The number of nitrogen functional groups attached to an aromatic ring is 1. The average molecular weight is 241 g/mol. The van der Waals surface area contributed by atoms with Crippen molar-refractivity contribution in [2.75, 3.05) is 12.8 Å². The molecule has 1 aromatic rings. The summed E-state index contributed by atoms with van der Waals surface area (Å²) in [6.07, 6.45) is 0. The zero-order valence-corrected chi connectivity index (χ0v) is 11.3. The Bertz CT molecular complexity index is 350. The Labute approximate surface area is 103 Å². The van der Waals surface area contributed by atoms with Crippen molar-refractivity contribution >= 4 is 17.3 Å². The highest BCUT2D eigenvalue weighted by Crippen LogP contribution is 2.21. The van der Waals surface area contributed by atoms with Crippen molar-refractivity contribution in [1.82, 2.24) is 4.90 Å². The van der Waals surface area contributed by atoms with Gasteiger partial charge in [-0.1, -0.05) is 31.5 Å². The minimum absolute atomic E-state index is 0.552. The van der Waals surface area contributed by atoms with Gasteiger partial charge in [-0.15, -0.1) is 0 Å². The SMILES string of the molecule is CC(C)C(C)N(C)Cc1ccc(N)c(Cl)c1. The highest BCUT2D eigenvalue weighted by atomic mass is 35.5. The van der Waals surface area contributed by atoms with Gasteiger partial charge in [0.05, 0.1) is 10.7 Å². The van der Waals surface area contributed by atoms with Crippen LogP contribution in [0.15, 0.2) is 18.2 Å². The van der Waals surface area contributed by atoms with Gasteiger partial charge in [0.15, 0.2) is 0 Å². The molecule has 3 heteroatoms. The number of hydrogen-bond acceptors (Lipinski definition) is 2. The van der Waals surface area contributed by atoms with E-state index in [0.29, 0.717) is 22.7 Å². The van der Waals surface area contributed by atoms with Crippen molar-refractivity contribution in [1.29, 1.82) is 0 Å². The highest BCUT2D eigenvalue weighted by Gasteiger charge is 2.13. The maximum absolute atomic E-state index is 6.00. The zero-order valence-electron chi connectivity index (χ0n) is 10.5. The van der Waals surface area contributed by atoms with Crippen LogP contribution in [0.25, 0.3) is 0 Å². The standard InChI is InChI=1S/C13H21ClN2/c1-9(2)10(3)16(4)8-11-5-6-13(15)12(14)7-11/h5-7,9-10H,8,15H2,1-4H3. The van der Waals surface area contributed by atoms with Gasteiger partial charge in [0.1, 0.15) is 0 Å². The molecule has 0 amide bonds. The molecule has 0 fully saturated rings. The Balaban J connectivity index is 2.69. The number of anilines is 1. The first-order chi connectivity index (χ1) is 7.41. The van der Waals surface area contributed by atoms with Crippen LogP contribution in [-0.4, -0.2) is 18.0 Å². The van der Waals surface area contributed by atoms with Crippen LogP contribution in [0.3, 0.4) is 0 Å². The topological polar surface area (TPSA) is 29.3 Å². The fourth-order valence-electron chi connectivity index (χ4n) is 1.61. The van der Waals surface area contributed by atoms with Crippen LogP contribution < -0.4 is 5.73 Å². The minimum Gasteiger partial charge on any atom is -0.398 e. The molecule has 0 bridgehead atoms. The van der Waals surface area contributed by atoms with Crippen molar-refractivity contribution in [3.63, 3.8) is 0 Å². The third-order valence-electron chi connectivity index (χ3n) is 3.16. The van der Waals surface area contributed by atoms with E-state index in [1.165, 1.54) is 5.56 Å². The van der Waals surface area contributed by atoms with Crippen molar-refractivity contribution in [3.8, 4) is 0 Å². The Morgan fingerprint density at radius 1 is 1.31 bits per heavy atom. The number of hydrogen-bond donors (Lipinski definition) is 1. The lowest BCUT2D eigenvalue weighted by molar-refractivity contribution is 0.200. The van der Waals surface area contributed by atoms with Crippen LogP contribution in [0, 0.1) is 5.92 Å². The summed E-state index contributed by atoms with van der Waals surface area (Å²) in [6.45, 7) is 7.61. The molecule has 0 saturated heterocycles. The van der Waals surface area contributed by atoms with E-state index >= 15 is 0 Å². The maximum atomic E-state index is 6.00. The van der Waals surface area contributed by atoms with E-state index in [0.717, 1.165) is 6.54 Å². The summed E-state index contributed by atoms with van der Waals surface area (Å²) >= 11 is 6.00. The number of nitrogens with zero attached hydrogens (tertiary/aromatic N) is 1. The molecule has 0 aliphatic heterocycles. The molecule has 1 aromatic carbocycles. The second-order valence-electron chi connectivity index (χ2n) is 4.76. The quantitative estimate of drug-likeness (QED) is 0.818. The first-order valence-corrected chi connectivity index (χ1v) is 6.03. The zero-order chi connectivity index (χ0) is 12.3. The second kappa shape index (κ2) is 5.55. The lowest BCUT2D eigenvalue weighted by Gasteiger charge is -2.27. The van der Waals surface area contributed by atoms with E-state index in [9.17, 15) is 0 Å². The molecule has 1 rings (SSSR count). The molecule has 0 spiro atoms. The van der Waals surface area contributed by atoms with Crippen molar-refractivity contribution in [2.24, 2.45) is 5.92 Å². The number of rotatable bonds is 4. The predicted molar refractivity (Wildman–Crippen MR) is 71.6 cm³/mol. The van der Waals surface area contributed by atoms with Gasteiger partial charge >= 0.3 is 0 Å². The van der Waals surface area contributed by atoms with E-state index < -0.39 is 0 Å². The third kappa shape index (κ3) is 3.39. The highest BCUT2D eigenvalue weighted by molar-refractivity contribution is 6.33. The van der Waals surface area contributed by atoms with Crippen LogP contribution in [0.1, 0.15) is 26.3 Å². The Morgan fingerprint density at radius 3 is 2.44 bits per heavy atom. The number of benzene rings is 1. The molecule has 16 heavy (non-hydrogen) atoms. The number of nitrogens with two attached hydrogens (primary N) is 1. The van der Waals surface area contributed by atoms with Crippen LogP contribution in [0.4, 0.5) is 5.69 Å². The fraction of sp³-hybridized carbons (Fsp3) is 0.538. The summed E-state index contributed by atoms with van der Waals surface area (Å²) in [4.78, 5) is 2.33. The molecule has 0 saturated carbocycles. The van der Waals surface area contributed by atoms with Gasteiger partial charge in [0.2, 0.25) is 0 Å². The van der Waals surface area contributed by atoms with Gasteiger partial charge in [-0.3, -0.25) is 4.90 Å². The molecule has 90 valence electrons. The fourth-order valence-corrected chi connectivity index (χ4v) is 1.81. The van der Waals surface area contributed by atoms with Gasteiger partial charge in [0, 0.05) is 12.6 Å². The van der Waals surface area contributed by atoms with E-state index in [-0.39, 0.29) is 0 Å². The summed E-state index contributed by atoms with van der Waals surface area (Å²) in [7, 11) is 2.13. The van der Waals surface area contributed by atoms with Crippen LogP contribution >= 0.6 is 11.6 Å². The lowest BCUT2D eigenvalue weighted by atomic mass is 10.0. The summed E-state index contributed by atoms with van der Waals surface area (Å²) in [5.41, 5.74) is 7.53. The molecule has 2 N–H and O–H groups in total. The van der Waals surface area contributed by atoms with Gasteiger partial charge in [-0.25, -0.2) is 0 Å². The predicted octanol–water partition coefficient (Wildman–Crippen LogP) is 3.40. The molecule has 0 radical (unpaired) electrons. The number of halogens is 1. The van der Waals surface area contributed by atoms with Crippen LogP contribution in [0.2, 0.25) is 5.02 Å². The summed E-state index contributed by atoms with van der Waals surface area (Å²) in [5.74, 6) is 0.647. The molecule has 0 aliphatic carbocycles. The van der Waals surface area contributed by atoms with Crippen molar-refractivity contribution < 1.29 is 0 Å². The molecule has 0 aromatic heterocycles. The van der Waals surface area contributed by atoms with Gasteiger partial charge in [0.25, 0.3) is 0 Å². The largest absolute Gasteiger partial charge is 0.398 e. The molecule has 0 heterocycles. The first kappa shape index (κ1) is 13.3. The molecule has 2 nitrogen and oxygen atoms in total. The Kier molecular flexibility index (Phi) is 4.63. The average Bonchev–Trinajstić information content (AvgIpc) is 2.22. The van der Waals surface area contributed by atoms with E-state index in [1.54, 1.807) is 0 Å². The second-order valence-corrected chi connectivity index (χ2v) is 5.16. The van der Waals surface area contributed by atoms with Gasteiger partial charge in [-0.05, 0) is 37.6 Å². The first-order valence-electron chi connectivity index (χ1n) is 5.66. The minimum atomic E-state index is 0.552. The molecule has 1 atom stereocenters. The smallest absolute Gasteiger partial charge is 0.0638 e. The van der Waals surface area contributed by atoms with Crippen molar-refractivity contribution in [2.45, 2.75) is 33.4 Å². The van der Waals surface area contributed by atoms with E-state index in [2.05, 4.69) is 32.7 Å². The summed E-state index contributed by atoms with van der Waals surface area (Å²) in [6, 6.07) is 6.40. The summed E-state index contributed by atoms with van der Waals surface area (Å²) < 4.78 is 0. The Hall–Kier alpha value is -0.730. The maximum Gasteiger partial charge on any atom is 0.0638 e. The lowest BCUT2D eigenvalue weighted by Crippen LogP contribution is -2.32. The normalized spacial score (nSPS) is 13.4. The molecule has 1 unspecified atom stereocenters. The van der Waals surface area contributed by atoms with Crippen molar-refractivity contribution in [3.05, 3.63) is 28.8 Å². The third-order valence-corrected chi connectivity index (χ3v) is 3.48. The van der Waals surface area contributed by atoms with Crippen LogP contribution in [0.5, 0.6) is 0 Å². The molecular formula is C13H21ClN2.